The smallest absolute Gasteiger partial charge is 0.257 e. The van der Waals surface area contributed by atoms with Crippen LogP contribution in [0.25, 0.3) is 0 Å². The Bertz CT molecular complexity index is 801. The molecule has 1 heterocycles. The third-order valence-electron chi connectivity index (χ3n) is 3.14. The van der Waals surface area contributed by atoms with Crippen molar-refractivity contribution in [2.75, 3.05) is 30.9 Å². The predicted molar refractivity (Wildman–Crippen MR) is 108 cm³/mol. The van der Waals surface area contributed by atoms with Gasteiger partial charge in [0.1, 0.15) is 0 Å². The van der Waals surface area contributed by atoms with Gasteiger partial charge in [-0.3, -0.25) is 14.9 Å². The molecule has 0 saturated carbocycles. The summed E-state index contributed by atoms with van der Waals surface area (Å²) in [6.45, 7) is 6.80. The number of benzene rings is 1. The number of thioether (sulfide) groups is 1. The zero-order chi connectivity index (χ0) is 20.5. The van der Waals surface area contributed by atoms with Gasteiger partial charge in [-0.2, -0.15) is 0 Å². The van der Waals surface area contributed by atoms with Crippen molar-refractivity contribution in [3.05, 3.63) is 17.7 Å². The van der Waals surface area contributed by atoms with Gasteiger partial charge in [0, 0.05) is 5.56 Å². The molecule has 0 fully saturated rings. The van der Waals surface area contributed by atoms with Crippen LogP contribution >= 0.6 is 23.1 Å². The van der Waals surface area contributed by atoms with E-state index in [0.717, 1.165) is 23.1 Å². The number of rotatable bonds is 11. The first-order valence-corrected chi connectivity index (χ1v) is 10.4. The van der Waals surface area contributed by atoms with Crippen LogP contribution < -0.4 is 25.3 Å². The van der Waals surface area contributed by atoms with Crippen molar-refractivity contribution in [3.8, 4) is 17.2 Å². The van der Waals surface area contributed by atoms with E-state index in [1.165, 1.54) is 0 Å². The first-order chi connectivity index (χ1) is 13.5. The van der Waals surface area contributed by atoms with Crippen molar-refractivity contribution >= 4 is 40.0 Å². The summed E-state index contributed by atoms with van der Waals surface area (Å²) in [5.74, 6) is 0.561. The maximum atomic E-state index is 12.7. The minimum atomic E-state index is -0.452. The highest BCUT2D eigenvalue weighted by molar-refractivity contribution is 8.01. The molecule has 0 atom stereocenters. The van der Waals surface area contributed by atoms with Crippen molar-refractivity contribution in [3.63, 3.8) is 0 Å². The van der Waals surface area contributed by atoms with Crippen molar-refractivity contribution in [2.24, 2.45) is 5.73 Å². The molecule has 0 saturated heterocycles. The number of ether oxygens (including phenoxy) is 3. The van der Waals surface area contributed by atoms with Crippen LogP contribution in [0.5, 0.6) is 17.2 Å². The van der Waals surface area contributed by atoms with E-state index >= 15 is 0 Å². The Morgan fingerprint density at radius 2 is 1.68 bits per heavy atom. The monoisotopic (exact) mass is 426 g/mol. The van der Waals surface area contributed by atoms with Gasteiger partial charge >= 0.3 is 0 Å². The highest BCUT2D eigenvalue weighted by Gasteiger charge is 2.19. The maximum Gasteiger partial charge on any atom is 0.257 e. The van der Waals surface area contributed by atoms with Crippen LogP contribution in [0.3, 0.4) is 0 Å². The fourth-order valence-corrected chi connectivity index (χ4v) is 3.63. The minimum Gasteiger partial charge on any atom is -0.490 e. The lowest BCUT2D eigenvalue weighted by molar-refractivity contribution is -0.115. The summed E-state index contributed by atoms with van der Waals surface area (Å²) in [5, 5.41) is 10.8. The lowest BCUT2D eigenvalue weighted by Crippen LogP contribution is -2.13. The molecule has 2 rings (SSSR count). The van der Waals surface area contributed by atoms with Crippen molar-refractivity contribution in [1.29, 1.82) is 0 Å². The Hall–Kier alpha value is -2.53. The molecule has 0 aliphatic carbocycles. The SMILES string of the molecule is CCOc1cc(C(=O)Nc2nnc(SCC(N)=O)s2)cc(OCC)c1OCC. The summed E-state index contributed by atoms with van der Waals surface area (Å²) in [4.78, 5) is 23.5. The summed E-state index contributed by atoms with van der Waals surface area (Å²) in [5.41, 5.74) is 5.44. The lowest BCUT2D eigenvalue weighted by Gasteiger charge is -2.16. The van der Waals surface area contributed by atoms with Crippen LogP contribution in [-0.2, 0) is 4.79 Å². The van der Waals surface area contributed by atoms with E-state index in [1.54, 1.807) is 12.1 Å². The summed E-state index contributed by atoms with van der Waals surface area (Å²) in [6.07, 6.45) is 0. The number of hydrogen-bond acceptors (Lipinski definition) is 9. The van der Waals surface area contributed by atoms with Gasteiger partial charge in [-0.25, -0.2) is 0 Å². The summed E-state index contributed by atoms with van der Waals surface area (Å²) in [7, 11) is 0. The second-order valence-corrected chi connectivity index (χ2v) is 7.38. The van der Waals surface area contributed by atoms with Crippen LogP contribution in [0.1, 0.15) is 31.1 Å². The molecule has 0 unspecified atom stereocenters. The predicted octanol–water partition coefficient (Wildman–Crippen LogP) is 2.56. The second-order valence-electron chi connectivity index (χ2n) is 5.18. The van der Waals surface area contributed by atoms with Crippen LogP contribution in [-0.4, -0.2) is 47.6 Å². The molecule has 0 radical (unpaired) electrons. The Labute approximate surface area is 170 Å². The van der Waals surface area contributed by atoms with Crippen molar-refractivity contribution < 1.29 is 23.8 Å². The van der Waals surface area contributed by atoms with Crippen LogP contribution in [0.2, 0.25) is 0 Å². The molecule has 0 aliphatic rings. The quantitative estimate of drug-likeness (QED) is 0.415. The zero-order valence-corrected chi connectivity index (χ0v) is 17.4. The largest absolute Gasteiger partial charge is 0.490 e. The summed E-state index contributed by atoms with van der Waals surface area (Å²) in [6, 6.07) is 3.19. The van der Waals surface area contributed by atoms with Gasteiger partial charge in [-0.1, -0.05) is 23.1 Å². The number of carbonyl (C=O) groups is 2. The normalized spacial score (nSPS) is 10.4. The molecule has 2 aromatic rings. The third-order valence-corrected chi connectivity index (χ3v) is 5.13. The fraction of sp³-hybridized carbons (Fsp3) is 0.412. The van der Waals surface area contributed by atoms with Crippen LogP contribution in [0.4, 0.5) is 5.13 Å². The topological polar surface area (TPSA) is 126 Å². The molecule has 152 valence electrons. The minimum absolute atomic E-state index is 0.0942. The van der Waals surface area contributed by atoms with E-state index in [2.05, 4.69) is 15.5 Å². The molecule has 0 aliphatic heterocycles. The van der Waals surface area contributed by atoms with Crippen LogP contribution in [0, 0.1) is 0 Å². The van der Waals surface area contributed by atoms with E-state index in [0.29, 0.717) is 52.1 Å². The number of nitrogens with one attached hydrogen (secondary N) is 1. The Kier molecular flexibility index (Phi) is 8.33. The molecule has 11 heteroatoms. The third kappa shape index (κ3) is 5.99. The number of aromatic nitrogens is 2. The number of hydrogen-bond donors (Lipinski definition) is 2. The summed E-state index contributed by atoms with van der Waals surface area (Å²) >= 11 is 2.31. The molecule has 0 spiro atoms. The second kappa shape index (κ2) is 10.7. The summed E-state index contributed by atoms with van der Waals surface area (Å²) < 4.78 is 17.4. The number of amides is 2. The van der Waals surface area contributed by atoms with Gasteiger partial charge in [-0.15, -0.1) is 10.2 Å². The Morgan fingerprint density at radius 3 is 2.21 bits per heavy atom. The zero-order valence-electron chi connectivity index (χ0n) is 15.8. The molecule has 1 aromatic carbocycles. The van der Waals surface area contributed by atoms with Gasteiger partial charge in [0.05, 0.1) is 25.6 Å². The Balaban J connectivity index is 2.23. The first-order valence-electron chi connectivity index (χ1n) is 8.60. The number of anilines is 1. The molecule has 9 nitrogen and oxygen atoms in total. The average Bonchev–Trinajstić information content (AvgIpc) is 3.10. The number of nitrogens with zero attached hydrogens (tertiary/aromatic N) is 2. The Morgan fingerprint density at radius 1 is 1.07 bits per heavy atom. The standard InChI is InChI=1S/C17H22N4O5S2/c1-4-24-11-7-10(8-12(25-5-2)14(11)26-6-3)15(23)19-16-20-21-17(28-16)27-9-13(18)22/h7-8H,4-6,9H2,1-3H3,(H2,18,22)(H,19,20,23). The van der Waals surface area contributed by atoms with Gasteiger partial charge in [0.25, 0.3) is 5.91 Å². The number of nitrogens with two attached hydrogens (primary N) is 1. The number of carbonyl (C=O) groups excluding carboxylic acids is 2. The fourth-order valence-electron chi connectivity index (χ4n) is 2.14. The van der Waals surface area contributed by atoms with Crippen molar-refractivity contribution in [2.45, 2.75) is 25.1 Å². The molecular weight excluding hydrogens is 404 g/mol. The van der Waals surface area contributed by atoms with E-state index in [9.17, 15) is 9.59 Å². The lowest BCUT2D eigenvalue weighted by atomic mass is 10.1. The van der Waals surface area contributed by atoms with Crippen molar-refractivity contribution in [1.82, 2.24) is 10.2 Å². The molecule has 0 bridgehead atoms. The highest BCUT2D eigenvalue weighted by Crippen LogP contribution is 2.39. The van der Waals surface area contributed by atoms with E-state index < -0.39 is 11.8 Å². The average molecular weight is 427 g/mol. The van der Waals surface area contributed by atoms with Gasteiger partial charge < -0.3 is 19.9 Å². The maximum absolute atomic E-state index is 12.7. The number of primary amides is 1. The molecule has 1 aromatic heterocycles. The first kappa shape index (κ1) is 21.8. The van der Waals surface area contributed by atoms with E-state index in [-0.39, 0.29) is 5.75 Å². The van der Waals surface area contributed by atoms with E-state index in [1.807, 2.05) is 20.8 Å². The molecule has 28 heavy (non-hydrogen) atoms. The van der Waals surface area contributed by atoms with Crippen LogP contribution in [0.15, 0.2) is 16.5 Å². The highest BCUT2D eigenvalue weighted by atomic mass is 32.2. The van der Waals surface area contributed by atoms with Gasteiger partial charge in [0.2, 0.25) is 16.8 Å². The molecule has 2 amide bonds. The van der Waals surface area contributed by atoms with Gasteiger partial charge in [0.15, 0.2) is 15.8 Å². The molecule has 3 N–H and O–H groups in total. The molecular formula is C17H22N4O5S2. The van der Waals surface area contributed by atoms with Gasteiger partial charge in [-0.05, 0) is 32.9 Å². The van der Waals surface area contributed by atoms with E-state index in [4.69, 9.17) is 19.9 Å².